The molecular formula is C129H75N9O6. The number of nitrogens with zero attached hydrogens (tertiary/aromatic N) is 9. The van der Waals surface area contributed by atoms with Crippen LogP contribution in [-0.4, -0.2) is 44.9 Å². The van der Waals surface area contributed by atoms with Crippen molar-refractivity contribution < 1.29 is 26.5 Å². The monoisotopic (exact) mass is 1850 g/mol. The Morgan fingerprint density at radius 3 is 0.729 bits per heavy atom. The van der Waals surface area contributed by atoms with Crippen molar-refractivity contribution in [3.8, 4) is 136 Å². The van der Waals surface area contributed by atoms with Crippen LogP contribution < -0.4 is 0 Å². The third-order valence-corrected chi connectivity index (χ3v) is 27.4. The fourth-order valence-electron chi connectivity index (χ4n) is 20.4. The summed E-state index contributed by atoms with van der Waals surface area (Å²) in [6, 6.07) is 155. The third kappa shape index (κ3) is 14.6. The first-order chi connectivity index (χ1) is 71.3. The predicted octanol–water partition coefficient (Wildman–Crippen LogP) is 34.5. The van der Waals surface area contributed by atoms with Crippen LogP contribution in [0.4, 0.5) is 0 Å². The second-order valence-corrected chi connectivity index (χ2v) is 36.1. The molecule has 0 radical (unpaired) electrons. The molecule has 30 rings (SSSR count). The van der Waals surface area contributed by atoms with Gasteiger partial charge in [0.15, 0.2) is 52.4 Å². The fourth-order valence-corrected chi connectivity index (χ4v) is 20.4. The molecule has 0 saturated heterocycles. The van der Waals surface area contributed by atoms with Crippen LogP contribution in [0.2, 0.25) is 0 Å². The molecule has 0 aliphatic carbocycles. The predicted molar refractivity (Wildman–Crippen MR) is 581 cm³/mol. The van der Waals surface area contributed by atoms with Crippen LogP contribution in [0.25, 0.3) is 300 Å². The normalized spacial score (nSPS) is 11.8. The van der Waals surface area contributed by atoms with Gasteiger partial charge in [0.1, 0.15) is 67.0 Å². The molecular weight excluding hydrogens is 1770 g/mol. The Hall–Kier alpha value is -19.8. The average molecular weight is 1850 g/mol. The summed E-state index contributed by atoms with van der Waals surface area (Å²) in [4.78, 5) is 44.9. The van der Waals surface area contributed by atoms with Crippen LogP contribution in [0.15, 0.2) is 481 Å². The summed E-state index contributed by atoms with van der Waals surface area (Å²) in [7, 11) is 0. The number of furan rings is 6. The van der Waals surface area contributed by atoms with Gasteiger partial charge in [-0.25, -0.2) is 44.9 Å². The Bertz CT molecular complexity index is 10400. The second kappa shape index (κ2) is 34.1. The van der Waals surface area contributed by atoms with Gasteiger partial charge < -0.3 is 26.5 Å². The van der Waals surface area contributed by atoms with Gasteiger partial charge >= 0.3 is 0 Å². The highest BCUT2D eigenvalue weighted by Crippen LogP contribution is 2.46. The summed E-state index contributed by atoms with van der Waals surface area (Å²) in [5.41, 5.74) is 25.1. The van der Waals surface area contributed by atoms with Crippen LogP contribution in [0.5, 0.6) is 0 Å². The van der Waals surface area contributed by atoms with E-state index in [1.165, 1.54) is 32.3 Å². The maximum Gasteiger partial charge on any atom is 0.164 e. The Balaban J connectivity index is 0.000000105. The van der Waals surface area contributed by atoms with E-state index in [1.54, 1.807) is 0 Å². The third-order valence-electron chi connectivity index (χ3n) is 27.4. The number of fused-ring (bicyclic) bond motifs is 21. The van der Waals surface area contributed by atoms with Gasteiger partial charge in [0, 0.05) is 115 Å². The number of hydrogen-bond acceptors (Lipinski definition) is 15. The van der Waals surface area contributed by atoms with Crippen LogP contribution in [0.1, 0.15) is 0 Å². The standard InChI is InChI=1S/3C43H25N3O2/c1-2-10-27(11-3-1)41-44-42(46-43(45-41)33-16-9-19-37-40(33)32-14-6-7-17-35(32)47-37)28-22-20-26(21-23-28)31-15-8-18-36-39(31)34-24-29-12-4-5-13-30(29)25-38(34)48-36;1-2-9-27(10-3-1)41-44-42(46-43(45-41)31-21-22-37-34(24-31)33-13-6-7-15-36(33)47-37)28-19-17-26(18-20-28)32-14-8-16-38-40(32)35-23-29-11-4-5-12-30(29)25-39(35)48-38;1-2-9-27(10-3-1)41-44-42(46-43(45-41)31-21-22-34-33-13-6-7-15-36(33)47-38(34)25-31)28-19-17-26(18-20-28)32-14-8-16-37-40(32)35-23-29-11-4-5-12-30(29)24-39(35)48-37/h3*1-25H. The van der Waals surface area contributed by atoms with E-state index in [2.05, 4.69) is 261 Å². The summed E-state index contributed by atoms with van der Waals surface area (Å²) >= 11 is 0. The second-order valence-electron chi connectivity index (χ2n) is 36.1. The number of aromatic nitrogens is 9. The molecule has 15 nitrogen and oxygen atoms in total. The van der Waals surface area contributed by atoms with Crippen molar-refractivity contribution in [2.75, 3.05) is 0 Å². The maximum atomic E-state index is 6.34. The number of hydrogen-bond donors (Lipinski definition) is 0. The summed E-state index contributed by atoms with van der Waals surface area (Å²) in [5, 5.41) is 20.0. The van der Waals surface area contributed by atoms with E-state index in [1.807, 2.05) is 194 Å². The summed E-state index contributed by atoms with van der Waals surface area (Å²) in [5.74, 6) is 5.48. The van der Waals surface area contributed by atoms with E-state index >= 15 is 0 Å². The fraction of sp³-hybridized carbons (Fsp3) is 0. The Morgan fingerprint density at radius 1 is 0.111 bits per heavy atom. The van der Waals surface area contributed by atoms with E-state index in [9.17, 15) is 0 Å². The lowest BCUT2D eigenvalue weighted by Crippen LogP contribution is -2.00. The highest BCUT2D eigenvalue weighted by Gasteiger charge is 2.25. The van der Waals surface area contributed by atoms with Gasteiger partial charge in [0.05, 0.1) is 0 Å². The first kappa shape index (κ1) is 82.5. The van der Waals surface area contributed by atoms with Gasteiger partial charge in [-0.2, -0.15) is 0 Å². The van der Waals surface area contributed by atoms with Crippen molar-refractivity contribution >= 4 is 164 Å². The number of rotatable bonds is 12. The van der Waals surface area contributed by atoms with Gasteiger partial charge in [-0.05, 0) is 175 Å². The molecule has 672 valence electrons. The molecule has 0 saturated carbocycles. The average Bonchev–Trinajstić information content (AvgIpc) is 1.58. The van der Waals surface area contributed by atoms with Gasteiger partial charge in [-0.15, -0.1) is 0 Å². The molecule has 144 heavy (non-hydrogen) atoms. The lowest BCUT2D eigenvalue weighted by Gasteiger charge is -2.10. The maximum absolute atomic E-state index is 6.34. The van der Waals surface area contributed by atoms with Gasteiger partial charge in [0.25, 0.3) is 0 Å². The van der Waals surface area contributed by atoms with E-state index < -0.39 is 0 Å². The molecule has 15 heteroatoms. The smallest absolute Gasteiger partial charge is 0.164 e. The Morgan fingerprint density at radius 2 is 0.340 bits per heavy atom. The zero-order chi connectivity index (χ0) is 94.8. The van der Waals surface area contributed by atoms with Gasteiger partial charge in [-0.3, -0.25) is 0 Å². The molecule has 0 amide bonds. The molecule has 9 heterocycles. The van der Waals surface area contributed by atoms with Crippen LogP contribution in [0, 0.1) is 0 Å². The zero-order valence-electron chi connectivity index (χ0n) is 76.8. The molecule has 0 aliphatic rings. The molecule has 0 aliphatic heterocycles. The largest absolute Gasteiger partial charge is 0.456 e. The lowest BCUT2D eigenvalue weighted by atomic mass is 9.97. The van der Waals surface area contributed by atoms with Crippen LogP contribution in [0.3, 0.4) is 0 Å². The summed E-state index contributed by atoms with van der Waals surface area (Å²) < 4.78 is 37.5. The highest BCUT2D eigenvalue weighted by molar-refractivity contribution is 6.20. The molecule has 0 spiro atoms. The minimum atomic E-state index is 0.590. The Kier molecular flexibility index (Phi) is 19.6. The van der Waals surface area contributed by atoms with Crippen molar-refractivity contribution in [2.45, 2.75) is 0 Å². The molecule has 21 aromatic carbocycles. The van der Waals surface area contributed by atoms with Crippen molar-refractivity contribution in [3.63, 3.8) is 0 Å². The highest BCUT2D eigenvalue weighted by atomic mass is 16.3. The minimum absolute atomic E-state index is 0.590. The van der Waals surface area contributed by atoms with Crippen LogP contribution >= 0.6 is 0 Å². The Labute approximate surface area is 820 Å². The van der Waals surface area contributed by atoms with E-state index in [4.69, 9.17) is 71.4 Å². The van der Waals surface area contributed by atoms with Crippen molar-refractivity contribution in [2.24, 2.45) is 0 Å². The van der Waals surface area contributed by atoms with Crippen LogP contribution in [-0.2, 0) is 0 Å². The topological polar surface area (TPSA) is 195 Å². The first-order valence-corrected chi connectivity index (χ1v) is 47.8. The quantitative estimate of drug-likeness (QED) is 0.112. The number of para-hydroxylation sites is 3. The van der Waals surface area contributed by atoms with E-state index in [0.717, 1.165) is 215 Å². The first-order valence-electron chi connectivity index (χ1n) is 47.8. The zero-order valence-corrected chi connectivity index (χ0v) is 76.8. The van der Waals surface area contributed by atoms with Crippen molar-refractivity contribution in [3.05, 3.63) is 455 Å². The van der Waals surface area contributed by atoms with Gasteiger partial charge in [-0.1, -0.05) is 346 Å². The molecule has 0 atom stereocenters. The van der Waals surface area contributed by atoms with E-state index in [-0.39, 0.29) is 0 Å². The van der Waals surface area contributed by atoms with Crippen molar-refractivity contribution in [1.82, 2.24) is 44.9 Å². The summed E-state index contributed by atoms with van der Waals surface area (Å²) in [6.07, 6.45) is 0. The SMILES string of the molecule is c1ccc(-c2nc(-c3ccc(-c4cccc5oc6cc7ccccc7cc6c45)cc3)nc(-c3ccc4c(c3)oc3ccccc34)n2)cc1.c1ccc(-c2nc(-c3ccc(-c4cccc5oc6cc7ccccc7cc6c45)cc3)nc(-c3ccc4oc5ccccc5c4c3)n2)cc1.c1ccc(-c2nc(-c3ccc(-c4cccc5oc6cc7ccccc7cc6c45)cc3)nc(-c3cccc4oc5ccccc5c34)n2)cc1. The van der Waals surface area contributed by atoms with E-state index in [0.29, 0.717) is 52.4 Å². The summed E-state index contributed by atoms with van der Waals surface area (Å²) in [6.45, 7) is 0. The minimum Gasteiger partial charge on any atom is -0.456 e. The molecule has 0 fully saturated rings. The van der Waals surface area contributed by atoms with Crippen molar-refractivity contribution in [1.29, 1.82) is 0 Å². The number of benzene rings is 21. The molecule has 0 unspecified atom stereocenters. The molecule has 0 N–H and O–H groups in total. The molecule has 9 aromatic heterocycles. The molecule has 0 bridgehead atoms. The lowest BCUT2D eigenvalue weighted by molar-refractivity contribution is 0.668. The molecule has 30 aromatic rings. The van der Waals surface area contributed by atoms with Gasteiger partial charge in [0.2, 0.25) is 0 Å².